The molecule has 0 fully saturated rings. The van der Waals surface area contributed by atoms with Crippen molar-refractivity contribution in [2.45, 2.75) is 0 Å². The number of rotatable bonds is 1. The van der Waals surface area contributed by atoms with Gasteiger partial charge in [0.1, 0.15) is 5.69 Å². The lowest BCUT2D eigenvalue weighted by Gasteiger charge is -2.22. The van der Waals surface area contributed by atoms with Crippen molar-refractivity contribution in [3.8, 4) is 0 Å². The van der Waals surface area contributed by atoms with Crippen molar-refractivity contribution in [1.82, 2.24) is 10.6 Å². The smallest absolute Gasteiger partial charge is 0.291 e. The van der Waals surface area contributed by atoms with E-state index in [1.807, 2.05) is 6.07 Å². The first kappa shape index (κ1) is 21.8. The summed E-state index contributed by atoms with van der Waals surface area (Å²) in [6.45, 7) is 0. The van der Waals surface area contributed by atoms with Gasteiger partial charge in [-0.3, -0.25) is 4.48 Å². The Morgan fingerprint density at radius 1 is 1.00 bits per heavy atom. The minimum Gasteiger partial charge on any atom is -0.356 e. The Bertz CT molecular complexity index is 345. The zero-order chi connectivity index (χ0) is 14.8. The minimum atomic E-state index is -1.75. The van der Waals surface area contributed by atoms with Gasteiger partial charge in [0.15, 0.2) is 0 Å². The van der Waals surface area contributed by atoms with Crippen LogP contribution in [0.25, 0.3) is 0 Å². The van der Waals surface area contributed by atoms with Crippen LogP contribution in [0.15, 0.2) is 30.3 Å². The van der Waals surface area contributed by atoms with Gasteiger partial charge in [0.2, 0.25) is 0 Å². The summed E-state index contributed by atoms with van der Waals surface area (Å²) >= 11 is 0. The van der Waals surface area contributed by atoms with Crippen molar-refractivity contribution in [3.05, 3.63) is 55.8 Å². The molecule has 10 heteroatoms. The maximum Gasteiger partial charge on any atom is 0.291 e. The standard InChI is InChI=1S/C9H14N.HNO3.NO3.H3N/c1-10(2,3)9-7-5-4-6-8-9;2*2-1(3)4;/h4-8H,1-3H3;(H,2,3,4);;1H3/q+1;;-1;. The van der Waals surface area contributed by atoms with E-state index in [0.717, 1.165) is 4.48 Å². The molecule has 0 amide bonds. The van der Waals surface area contributed by atoms with Gasteiger partial charge in [0.25, 0.3) is 5.09 Å². The van der Waals surface area contributed by atoms with Crippen LogP contribution in [0.3, 0.4) is 0 Å². The molecule has 1 rings (SSSR count). The molecule has 1 aromatic rings. The van der Waals surface area contributed by atoms with Crippen molar-refractivity contribution in [2.75, 3.05) is 21.1 Å². The van der Waals surface area contributed by atoms with Crippen LogP contribution in [0.2, 0.25) is 0 Å². The second-order valence-electron chi connectivity index (χ2n) is 3.81. The van der Waals surface area contributed by atoms with Gasteiger partial charge in [-0.15, -0.1) is 10.1 Å². The van der Waals surface area contributed by atoms with Crippen molar-refractivity contribution < 1.29 is 15.4 Å². The van der Waals surface area contributed by atoms with E-state index in [4.69, 9.17) is 30.6 Å². The zero-order valence-electron chi connectivity index (χ0n) is 10.9. The third-order valence-electron chi connectivity index (χ3n) is 1.53. The average molecular weight is 278 g/mol. The minimum absolute atomic E-state index is 0. The van der Waals surface area contributed by atoms with E-state index in [0.29, 0.717) is 0 Å². The Kier molecular flexibility index (Phi) is 12.2. The molecule has 0 radical (unpaired) electrons. The number of benzene rings is 1. The topological polar surface area (TPSA) is 165 Å². The van der Waals surface area contributed by atoms with E-state index in [1.165, 1.54) is 5.69 Å². The number of nitrogens with zero attached hydrogens (tertiary/aromatic N) is 3. The summed E-state index contributed by atoms with van der Waals surface area (Å²) in [5, 5.41) is 28.4. The van der Waals surface area contributed by atoms with Crippen LogP contribution in [0.5, 0.6) is 0 Å². The molecular formula is C9H18N4O6. The second-order valence-corrected chi connectivity index (χ2v) is 3.81. The number of quaternary nitrogens is 1. The van der Waals surface area contributed by atoms with Gasteiger partial charge in [-0.05, 0) is 12.1 Å². The summed E-state index contributed by atoms with van der Waals surface area (Å²) in [5.74, 6) is 0. The zero-order valence-corrected chi connectivity index (χ0v) is 10.9. The maximum absolute atomic E-state index is 8.36. The van der Waals surface area contributed by atoms with Crippen LogP contribution < -0.4 is 10.6 Å². The Labute approximate surface area is 109 Å². The summed E-state index contributed by atoms with van der Waals surface area (Å²) < 4.78 is 0.890. The van der Waals surface area contributed by atoms with E-state index >= 15 is 0 Å². The van der Waals surface area contributed by atoms with Crippen LogP contribution in [0, 0.1) is 25.4 Å². The lowest BCUT2D eigenvalue weighted by molar-refractivity contribution is -0.742. The van der Waals surface area contributed by atoms with E-state index in [2.05, 4.69) is 45.4 Å². The van der Waals surface area contributed by atoms with E-state index < -0.39 is 10.2 Å². The van der Waals surface area contributed by atoms with Crippen LogP contribution in [-0.2, 0) is 0 Å². The second kappa shape index (κ2) is 10.7. The molecule has 10 nitrogen and oxygen atoms in total. The Morgan fingerprint density at radius 2 is 1.26 bits per heavy atom. The monoisotopic (exact) mass is 278 g/mol. The molecule has 0 atom stereocenters. The van der Waals surface area contributed by atoms with Crippen molar-refractivity contribution in [1.29, 1.82) is 0 Å². The van der Waals surface area contributed by atoms with E-state index in [1.54, 1.807) is 0 Å². The quantitative estimate of drug-likeness (QED) is 0.445. The molecule has 0 unspecified atom stereocenters. The van der Waals surface area contributed by atoms with Gasteiger partial charge in [0, 0.05) is 0 Å². The molecule has 0 spiro atoms. The highest BCUT2D eigenvalue weighted by molar-refractivity contribution is 5.40. The predicted octanol–water partition coefficient (Wildman–Crippen LogP) is 1.46. The summed E-state index contributed by atoms with van der Waals surface area (Å²) in [5.41, 5.74) is 1.34. The van der Waals surface area contributed by atoms with E-state index in [-0.39, 0.29) is 6.15 Å². The third kappa shape index (κ3) is 21.4. The number of para-hydroxylation sites is 1. The molecule has 0 aliphatic heterocycles. The molecule has 0 saturated carbocycles. The molecule has 110 valence electrons. The SMILES string of the molecule is C[N+](C)(C)c1ccccc1.N.O=[N+]([O-])O.O=[N+]([O-])[O-]. The van der Waals surface area contributed by atoms with Gasteiger partial charge >= 0.3 is 0 Å². The highest BCUT2D eigenvalue weighted by Gasteiger charge is 2.08. The first-order valence-corrected chi connectivity index (χ1v) is 4.59. The normalized spacial score (nSPS) is 8.58. The van der Waals surface area contributed by atoms with Crippen molar-refractivity contribution in [2.24, 2.45) is 0 Å². The maximum atomic E-state index is 8.36. The van der Waals surface area contributed by atoms with Crippen LogP contribution in [-0.4, -0.2) is 36.5 Å². The average Bonchev–Trinajstić information content (AvgIpc) is 2.16. The molecular weight excluding hydrogens is 260 g/mol. The van der Waals surface area contributed by atoms with Crippen LogP contribution >= 0.6 is 0 Å². The Morgan fingerprint density at radius 3 is 1.42 bits per heavy atom. The molecule has 0 saturated heterocycles. The molecule has 0 aliphatic rings. The van der Waals surface area contributed by atoms with Gasteiger partial charge in [0.05, 0.1) is 26.2 Å². The molecule has 0 bridgehead atoms. The third-order valence-corrected chi connectivity index (χ3v) is 1.53. The largest absolute Gasteiger partial charge is 0.356 e. The summed E-state index contributed by atoms with van der Waals surface area (Å²) in [6, 6.07) is 10.5. The molecule has 1 aromatic carbocycles. The van der Waals surface area contributed by atoms with Gasteiger partial charge in [-0.25, -0.2) is 0 Å². The van der Waals surface area contributed by atoms with Gasteiger partial charge in [-0.1, -0.05) is 18.2 Å². The van der Waals surface area contributed by atoms with Gasteiger partial charge < -0.3 is 26.7 Å². The molecule has 0 heterocycles. The Balaban J connectivity index is -0.000000242. The van der Waals surface area contributed by atoms with Gasteiger partial charge in [-0.2, -0.15) is 0 Å². The van der Waals surface area contributed by atoms with E-state index in [9.17, 15) is 0 Å². The highest BCUT2D eigenvalue weighted by atomic mass is 16.9. The molecule has 0 aromatic heterocycles. The van der Waals surface area contributed by atoms with Crippen molar-refractivity contribution >= 4 is 5.69 Å². The number of hydrogen-bond donors (Lipinski definition) is 2. The van der Waals surface area contributed by atoms with Crippen LogP contribution in [0.1, 0.15) is 0 Å². The molecule has 0 aliphatic carbocycles. The van der Waals surface area contributed by atoms with Crippen LogP contribution in [0.4, 0.5) is 5.69 Å². The molecule has 19 heavy (non-hydrogen) atoms. The summed E-state index contributed by atoms with van der Waals surface area (Å²) in [4.78, 5) is 16.6. The predicted molar refractivity (Wildman–Crippen MR) is 70.2 cm³/mol. The first-order chi connectivity index (χ1) is 8.07. The highest BCUT2D eigenvalue weighted by Crippen LogP contribution is 2.14. The number of hydrogen-bond acceptors (Lipinski definition) is 6. The van der Waals surface area contributed by atoms with Crippen molar-refractivity contribution in [3.63, 3.8) is 0 Å². The lowest BCUT2D eigenvalue weighted by Crippen LogP contribution is -2.34. The fraction of sp³-hybridized carbons (Fsp3) is 0.333. The molecule has 4 N–H and O–H groups in total. The summed E-state index contributed by atoms with van der Waals surface area (Å²) in [6.07, 6.45) is 0. The lowest BCUT2D eigenvalue weighted by atomic mass is 10.3. The Hall–Kier alpha value is -2.46. The fourth-order valence-corrected chi connectivity index (χ4v) is 0.875. The first-order valence-electron chi connectivity index (χ1n) is 4.59. The fourth-order valence-electron chi connectivity index (χ4n) is 0.875. The summed E-state index contributed by atoms with van der Waals surface area (Å²) in [7, 11) is 6.49.